The SMILES string of the molecule is CC(=O)N(CCNC(=O)NC1CCCCC1)c1c(C)cccc1C(C)C. The molecule has 26 heavy (non-hydrogen) atoms. The molecule has 2 N–H and O–H groups in total. The lowest BCUT2D eigenvalue weighted by Crippen LogP contribution is -2.46. The van der Waals surface area contributed by atoms with Crippen molar-refractivity contribution in [3.8, 4) is 0 Å². The second-order valence-electron chi connectivity index (χ2n) is 7.57. The monoisotopic (exact) mass is 359 g/mol. The van der Waals surface area contributed by atoms with Crippen LogP contribution in [0.4, 0.5) is 10.5 Å². The number of nitrogens with one attached hydrogen (secondary N) is 2. The van der Waals surface area contributed by atoms with Crippen molar-refractivity contribution in [2.45, 2.75) is 71.8 Å². The van der Waals surface area contributed by atoms with E-state index < -0.39 is 0 Å². The van der Waals surface area contributed by atoms with Gasteiger partial charge in [-0.3, -0.25) is 4.79 Å². The van der Waals surface area contributed by atoms with E-state index >= 15 is 0 Å². The van der Waals surface area contributed by atoms with Gasteiger partial charge in [-0.05, 0) is 36.8 Å². The molecule has 1 aliphatic carbocycles. The van der Waals surface area contributed by atoms with Gasteiger partial charge in [0.1, 0.15) is 0 Å². The van der Waals surface area contributed by atoms with Gasteiger partial charge in [0.15, 0.2) is 0 Å². The first-order chi connectivity index (χ1) is 12.4. The highest BCUT2D eigenvalue weighted by Crippen LogP contribution is 2.30. The predicted octanol–water partition coefficient (Wildman–Crippen LogP) is 4.10. The number of para-hydroxylation sites is 1. The standard InChI is InChI=1S/C21H33N3O2/c1-15(2)19-12-8-9-16(3)20(19)24(17(4)25)14-13-22-21(26)23-18-10-6-5-7-11-18/h8-9,12,15,18H,5-7,10-11,13-14H2,1-4H3,(H2,22,23,26). The Hall–Kier alpha value is -2.04. The molecular formula is C21H33N3O2. The highest BCUT2D eigenvalue weighted by molar-refractivity contribution is 5.93. The summed E-state index contributed by atoms with van der Waals surface area (Å²) >= 11 is 0. The Kier molecular flexibility index (Phi) is 7.49. The van der Waals surface area contributed by atoms with Gasteiger partial charge in [0.05, 0.1) is 5.69 Å². The molecule has 0 radical (unpaired) electrons. The number of urea groups is 1. The molecule has 0 bridgehead atoms. The van der Waals surface area contributed by atoms with Crippen molar-refractivity contribution in [1.29, 1.82) is 0 Å². The molecule has 0 unspecified atom stereocenters. The van der Waals surface area contributed by atoms with Gasteiger partial charge in [-0.15, -0.1) is 0 Å². The smallest absolute Gasteiger partial charge is 0.315 e. The number of nitrogens with zero attached hydrogens (tertiary/aromatic N) is 1. The van der Waals surface area contributed by atoms with Gasteiger partial charge in [-0.25, -0.2) is 4.79 Å². The number of carbonyl (C=O) groups is 2. The van der Waals surface area contributed by atoms with Gasteiger partial charge in [-0.1, -0.05) is 51.3 Å². The lowest BCUT2D eigenvalue weighted by molar-refractivity contribution is -0.116. The molecule has 1 saturated carbocycles. The summed E-state index contributed by atoms with van der Waals surface area (Å²) in [6.45, 7) is 8.78. The number of amides is 3. The maximum atomic E-state index is 12.3. The molecule has 1 aromatic rings. The number of hydrogen-bond donors (Lipinski definition) is 2. The van der Waals surface area contributed by atoms with E-state index in [-0.39, 0.29) is 18.0 Å². The summed E-state index contributed by atoms with van der Waals surface area (Å²) in [6, 6.07) is 6.29. The molecule has 0 heterocycles. The van der Waals surface area contributed by atoms with Gasteiger partial charge < -0.3 is 15.5 Å². The third-order valence-corrected chi connectivity index (χ3v) is 5.10. The number of carbonyl (C=O) groups excluding carboxylic acids is 2. The molecule has 5 nitrogen and oxygen atoms in total. The highest BCUT2D eigenvalue weighted by atomic mass is 16.2. The van der Waals surface area contributed by atoms with Crippen LogP contribution in [0.3, 0.4) is 0 Å². The Morgan fingerprint density at radius 1 is 1.19 bits per heavy atom. The Bertz CT molecular complexity index is 622. The predicted molar refractivity (Wildman–Crippen MR) is 107 cm³/mol. The summed E-state index contributed by atoms with van der Waals surface area (Å²) in [5.41, 5.74) is 3.22. The maximum Gasteiger partial charge on any atom is 0.315 e. The Labute approximate surface area is 157 Å². The molecule has 0 aliphatic heterocycles. The van der Waals surface area contributed by atoms with E-state index in [0.717, 1.165) is 29.7 Å². The molecule has 1 fully saturated rings. The summed E-state index contributed by atoms with van der Waals surface area (Å²) < 4.78 is 0. The minimum absolute atomic E-state index is 0.00399. The average Bonchev–Trinajstić information content (AvgIpc) is 2.59. The van der Waals surface area contributed by atoms with E-state index in [1.165, 1.54) is 19.3 Å². The molecular weight excluding hydrogens is 326 g/mol. The number of aryl methyl sites for hydroxylation is 1. The van der Waals surface area contributed by atoms with Crippen molar-refractivity contribution < 1.29 is 9.59 Å². The van der Waals surface area contributed by atoms with Crippen LogP contribution in [0, 0.1) is 6.92 Å². The van der Waals surface area contributed by atoms with E-state index in [1.54, 1.807) is 11.8 Å². The second-order valence-corrected chi connectivity index (χ2v) is 7.57. The normalized spacial score (nSPS) is 15.0. The maximum absolute atomic E-state index is 12.3. The van der Waals surface area contributed by atoms with Crippen LogP contribution in [0.15, 0.2) is 18.2 Å². The van der Waals surface area contributed by atoms with Gasteiger partial charge >= 0.3 is 6.03 Å². The fraction of sp³-hybridized carbons (Fsp3) is 0.619. The first kappa shape index (κ1) is 20.3. The first-order valence-corrected chi connectivity index (χ1v) is 9.82. The summed E-state index contributed by atoms with van der Waals surface area (Å²) in [5.74, 6) is 0.324. The largest absolute Gasteiger partial charge is 0.336 e. The third-order valence-electron chi connectivity index (χ3n) is 5.10. The number of hydrogen-bond acceptors (Lipinski definition) is 2. The summed E-state index contributed by atoms with van der Waals surface area (Å²) in [6.07, 6.45) is 5.77. The van der Waals surface area contributed by atoms with E-state index in [0.29, 0.717) is 19.0 Å². The molecule has 3 amide bonds. The molecule has 2 rings (SSSR count). The number of benzene rings is 1. The third kappa shape index (κ3) is 5.48. The lowest BCUT2D eigenvalue weighted by atomic mass is 9.96. The average molecular weight is 360 g/mol. The first-order valence-electron chi connectivity index (χ1n) is 9.82. The fourth-order valence-corrected chi connectivity index (χ4v) is 3.71. The van der Waals surface area contributed by atoms with E-state index in [4.69, 9.17) is 0 Å². The molecule has 1 aromatic carbocycles. The topological polar surface area (TPSA) is 61.4 Å². The molecule has 144 valence electrons. The van der Waals surface area contributed by atoms with Gasteiger partial charge in [-0.2, -0.15) is 0 Å². The van der Waals surface area contributed by atoms with Crippen molar-refractivity contribution in [3.63, 3.8) is 0 Å². The molecule has 0 aromatic heterocycles. The highest BCUT2D eigenvalue weighted by Gasteiger charge is 2.20. The van der Waals surface area contributed by atoms with Crippen LogP contribution in [-0.4, -0.2) is 31.1 Å². The fourth-order valence-electron chi connectivity index (χ4n) is 3.71. The van der Waals surface area contributed by atoms with Crippen LogP contribution in [0.2, 0.25) is 0 Å². The summed E-state index contributed by atoms with van der Waals surface area (Å²) in [5, 5.41) is 5.96. The molecule has 0 spiro atoms. The number of rotatable bonds is 6. The van der Waals surface area contributed by atoms with Gasteiger partial charge in [0, 0.05) is 26.1 Å². The van der Waals surface area contributed by atoms with Crippen LogP contribution < -0.4 is 15.5 Å². The van der Waals surface area contributed by atoms with Crippen molar-refractivity contribution in [3.05, 3.63) is 29.3 Å². The van der Waals surface area contributed by atoms with Gasteiger partial charge in [0.2, 0.25) is 5.91 Å². The van der Waals surface area contributed by atoms with Crippen molar-refractivity contribution >= 4 is 17.6 Å². The Morgan fingerprint density at radius 2 is 1.88 bits per heavy atom. The zero-order valence-electron chi connectivity index (χ0n) is 16.6. The van der Waals surface area contributed by atoms with Crippen molar-refractivity contribution in [2.75, 3.05) is 18.0 Å². The molecule has 1 aliphatic rings. The Balaban J connectivity index is 1.97. The van der Waals surface area contributed by atoms with Crippen molar-refractivity contribution in [2.24, 2.45) is 0 Å². The molecule has 5 heteroatoms. The van der Waals surface area contributed by atoms with E-state index in [2.05, 4.69) is 30.5 Å². The summed E-state index contributed by atoms with van der Waals surface area (Å²) in [7, 11) is 0. The zero-order valence-corrected chi connectivity index (χ0v) is 16.6. The second kappa shape index (κ2) is 9.60. The van der Waals surface area contributed by atoms with E-state index in [1.807, 2.05) is 19.1 Å². The van der Waals surface area contributed by atoms with E-state index in [9.17, 15) is 9.59 Å². The molecule has 0 saturated heterocycles. The lowest BCUT2D eigenvalue weighted by Gasteiger charge is -2.28. The Morgan fingerprint density at radius 3 is 2.50 bits per heavy atom. The summed E-state index contributed by atoms with van der Waals surface area (Å²) in [4.78, 5) is 26.2. The zero-order chi connectivity index (χ0) is 19.1. The number of anilines is 1. The van der Waals surface area contributed by atoms with Crippen LogP contribution in [0.25, 0.3) is 0 Å². The minimum Gasteiger partial charge on any atom is -0.336 e. The quantitative estimate of drug-likeness (QED) is 0.803. The van der Waals surface area contributed by atoms with Crippen LogP contribution >= 0.6 is 0 Å². The molecule has 0 atom stereocenters. The van der Waals surface area contributed by atoms with Gasteiger partial charge in [0.25, 0.3) is 0 Å². The minimum atomic E-state index is -0.130. The van der Waals surface area contributed by atoms with Crippen LogP contribution in [0.1, 0.15) is 69.9 Å². The van der Waals surface area contributed by atoms with Crippen LogP contribution in [0.5, 0.6) is 0 Å². The van der Waals surface area contributed by atoms with Crippen molar-refractivity contribution in [1.82, 2.24) is 10.6 Å². The van der Waals surface area contributed by atoms with Crippen LogP contribution in [-0.2, 0) is 4.79 Å².